The second kappa shape index (κ2) is 46.5. The number of hydrogen-bond acceptors (Lipinski definition) is 6. The Morgan fingerprint density at radius 1 is 0.328 bits per heavy atom. The number of carbonyl (C=O) groups is 3. The van der Waals surface area contributed by atoms with E-state index in [1.165, 1.54) is 186 Å². The van der Waals surface area contributed by atoms with Crippen molar-refractivity contribution in [3.8, 4) is 0 Å². The van der Waals surface area contributed by atoms with Gasteiger partial charge in [0.25, 0.3) is 0 Å². The molecule has 0 saturated heterocycles. The molecule has 0 aliphatic heterocycles. The predicted molar refractivity (Wildman–Crippen MR) is 247 cm³/mol. The molecule has 0 N–H and O–H groups in total. The fourth-order valence-corrected chi connectivity index (χ4v) is 7.86. The van der Waals surface area contributed by atoms with Crippen LogP contribution in [0.1, 0.15) is 291 Å². The van der Waals surface area contributed by atoms with E-state index < -0.39 is 6.10 Å². The third kappa shape index (κ3) is 45.5. The largest absolute Gasteiger partial charge is 0.462 e. The first-order valence-corrected chi connectivity index (χ1v) is 25.9. The van der Waals surface area contributed by atoms with Crippen LogP contribution in [0, 0.1) is 5.92 Å². The molecule has 0 rings (SSSR count). The van der Waals surface area contributed by atoms with E-state index in [0.717, 1.165) is 63.7 Å². The zero-order chi connectivity index (χ0) is 42.4. The summed E-state index contributed by atoms with van der Waals surface area (Å²) < 4.78 is 16.8. The van der Waals surface area contributed by atoms with Gasteiger partial charge in [0.1, 0.15) is 13.2 Å². The summed E-state index contributed by atoms with van der Waals surface area (Å²) in [6, 6.07) is 0. The normalized spacial score (nSPS) is 11.9. The lowest BCUT2D eigenvalue weighted by Crippen LogP contribution is -2.30. The van der Waals surface area contributed by atoms with Crippen molar-refractivity contribution in [2.75, 3.05) is 13.2 Å². The molecule has 0 aromatic heterocycles. The van der Waals surface area contributed by atoms with Crippen molar-refractivity contribution in [1.29, 1.82) is 0 Å². The summed E-state index contributed by atoms with van der Waals surface area (Å²) in [5.41, 5.74) is 0. The van der Waals surface area contributed by atoms with Crippen LogP contribution in [-0.4, -0.2) is 37.2 Å². The van der Waals surface area contributed by atoms with Crippen LogP contribution in [-0.2, 0) is 28.6 Å². The topological polar surface area (TPSA) is 78.9 Å². The van der Waals surface area contributed by atoms with E-state index in [9.17, 15) is 14.4 Å². The highest BCUT2D eigenvalue weighted by molar-refractivity contribution is 5.71. The number of esters is 3. The molecule has 58 heavy (non-hydrogen) atoms. The van der Waals surface area contributed by atoms with Gasteiger partial charge in [-0.3, -0.25) is 14.4 Å². The molecule has 0 aromatic carbocycles. The quantitative estimate of drug-likeness (QED) is 0.0346. The highest BCUT2D eigenvalue weighted by Crippen LogP contribution is 2.17. The van der Waals surface area contributed by atoms with Gasteiger partial charge in [0, 0.05) is 19.3 Å². The van der Waals surface area contributed by atoms with Crippen LogP contribution in [0.2, 0.25) is 0 Å². The third-order valence-electron chi connectivity index (χ3n) is 11.8. The number of rotatable bonds is 47. The van der Waals surface area contributed by atoms with Crippen molar-refractivity contribution < 1.29 is 28.6 Å². The van der Waals surface area contributed by atoms with Crippen molar-refractivity contribution in [3.63, 3.8) is 0 Å². The molecule has 0 aliphatic rings. The number of carbonyl (C=O) groups excluding carboxylic acids is 3. The molecule has 0 bridgehead atoms. The first-order valence-electron chi connectivity index (χ1n) is 25.9. The van der Waals surface area contributed by atoms with Crippen LogP contribution in [0.15, 0.2) is 0 Å². The van der Waals surface area contributed by atoms with Gasteiger partial charge in [0.05, 0.1) is 0 Å². The number of unbranched alkanes of at least 4 members (excludes halogenated alkanes) is 34. The lowest BCUT2D eigenvalue weighted by molar-refractivity contribution is -0.167. The minimum absolute atomic E-state index is 0.0632. The van der Waals surface area contributed by atoms with E-state index in [0.29, 0.717) is 19.3 Å². The maximum atomic E-state index is 12.7. The molecular formula is C52H100O6. The number of hydrogen-bond donors (Lipinski definition) is 0. The van der Waals surface area contributed by atoms with Gasteiger partial charge in [0.15, 0.2) is 6.10 Å². The van der Waals surface area contributed by atoms with Crippen molar-refractivity contribution in [1.82, 2.24) is 0 Å². The lowest BCUT2D eigenvalue weighted by Gasteiger charge is -2.18. The van der Waals surface area contributed by atoms with Gasteiger partial charge in [-0.15, -0.1) is 0 Å². The van der Waals surface area contributed by atoms with Crippen LogP contribution >= 0.6 is 0 Å². The second-order valence-electron chi connectivity index (χ2n) is 18.3. The van der Waals surface area contributed by atoms with Gasteiger partial charge in [0.2, 0.25) is 0 Å². The number of ether oxygens (including phenoxy) is 3. The van der Waals surface area contributed by atoms with Crippen LogP contribution in [0.25, 0.3) is 0 Å². The summed E-state index contributed by atoms with van der Waals surface area (Å²) in [6.07, 6.45) is 48.0. The molecular weight excluding hydrogens is 721 g/mol. The van der Waals surface area contributed by atoms with Crippen molar-refractivity contribution in [2.45, 2.75) is 297 Å². The predicted octanol–water partition coefficient (Wildman–Crippen LogP) is 16.7. The maximum Gasteiger partial charge on any atom is 0.306 e. The van der Waals surface area contributed by atoms with E-state index in [1.54, 1.807) is 0 Å². The Morgan fingerprint density at radius 2 is 0.569 bits per heavy atom. The molecule has 0 spiro atoms. The zero-order valence-corrected chi connectivity index (χ0v) is 39.5. The zero-order valence-electron chi connectivity index (χ0n) is 39.5. The van der Waals surface area contributed by atoms with E-state index >= 15 is 0 Å². The molecule has 0 unspecified atom stereocenters. The molecule has 1 atom stereocenters. The highest BCUT2D eigenvalue weighted by atomic mass is 16.6. The molecule has 0 radical (unpaired) electrons. The van der Waals surface area contributed by atoms with Gasteiger partial charge in [-0.05, 0) is 25.2 Å². The summed E-state index contributed by atoms with van der Waals surface area (Å²) in [6.45, 7) is 8.99. The minimum Gasteiger partial charge on any atom is -0.462 e. The van der Waals surface area contributed by atoms with Crippen LogP contribution in [0.5, 0.6) is 0 Å². The van der Waals surface area contributed by atoms with Gasteiger partial charge in [-0.2, -0.15) is 0 Å². The molecule has 6 heteroatoms. The first-order chi connectivity index (χ1) is 28.4. The second-order valence-corrected chi connectivity index (χ2v) is 18.3. The summed E-state index contributed by atoms with van der Waals surface area (Å²) in [7, 11) is 0. The molecule has 0 aromatic rings. The molecule has 0 fully saturated rings. The average Bonchev–Trinajstić information content (AvgIpc) is 3.21. The first kappa shape index (κ1) is 56.4. The molecule has 0 heterocycles. The fourth-order valence-electron chi connectivity index (χ4n) is 7.86. The van der Waals surface area contributed by atoms with Gasteiger partial charge in [-0.25, -0.2) is 0 Å². The monoisotopic (exact) mass is 821 g/mol. The van der Waals surface area contributed by atoms with Gasteiger partial charge in [-0.1, -0.05) is 252 Å². The Morgan fingerprint density at radius 3 is 0.845 bits per heavy atom. The summed E-state index contributed by atoms with van der Waals surface area (Å²) in [5.74, 6) is -0.0530. The van der Waals surface area contributed by atoms with Gasteiger partial charge < -0.3 is 14.2 Å². The molecule has 0 saturated carbocycles. The van der Waals surface area contributed by atoms with E-state index in [4.69, 9.17) is 14.2 Å². The van der Waals surface area contributed by atoms with Crippen LogP contribution < -0.4 is 0 Å². The average molecular weight is 821 g/mol. The van der Waals surface area contributed by atoms with E-state index in [2.05, 4.69) is 27.7 Å². The van der Waals surface area contributed by atoms with Crippen molar-refractivity contribution >= 4 is 17.9 Å². The SMILES string of the molecule is CCCCCCCCCCCCCCCCCCC(=O)OC[C@@H](COC(=O)CCCCCCCCCCCCCCC)OC(=O)CCCCCCCCCCC(C)C. The maximum absolute atomic E-state index is 12.7. The van der Waals surface area contributed by atoms with E-state index in [1.807, 2.05) is 0 Å². The lowest BCUT2D eigenvalue weighted by atomic mass is 10.0. The highest BCUT2D eigenvalue weighted by Gasteiger charge is 2.19. The van der Waals surface area contributed by atoms with Crippen molar-refractivity contribution in [2.24, 2.45) is 5.92 Å². The summed E-state index contributed by atoms with van der Waals surface area (Å²) >= 11 is 0. The molecule has 0 aliphatic carbocycles. The van der Waals surface area contributed by atoms with Crippen molar-refractivity contribution in [3.05, 3.63) is 0 Å². The Labute approximate surface area is 361 Å². The molecule has 6 nitrogen and oxygen atoms in total. The Kier molecular flexibility index (Phi) is 45.2. The smallest absolute Gasteiger partial charge is 0.306 e. The Bertz CT molecular complexity index is 872. The molecule has 344 valence electrons. The Balaban J connectivity index is 4.28. The summed E-state index contributed by atoms with van der Waals surface area (Å²) in [5, 5.41) is 0. The molecule has 0 amide bonds. The summed E-state index contributed by atoms with van der Waals surface area (Å²) in [4.78, 5) is 37.9. The van der Waals surface area contributed by atoms with E-state index in [-0.39, 0.29) is 31.1 Å². The third-order valence-corrected chi connectivity index (χ3v) is 11.8. The minimum atomic E-state index is -0.760. The van der Waals surface area contributed by atoms with Crippen LogP contribution in [0.4, 0.5) is 0 Å². The fraction of sp³-hybridized carbons (Fsp3) is 0.942. The van der Waals surface area contributed by atoms with Crippen LogP contribution in [0.3, 0.4) is 0 Å². The Hall–Kier alpha value is -1.59. The van der Waals surface area contributed by atoms with Gasteiger partial charge >= 0.3 is 17.9 Å². The standard InChI is InChI=1S/C52H100O6/c1-5-7-9-11-13-15-17-19-20-21-23-25-27-32-36-40-44-51(54)57-47-49(58-52(55)45-41-37-33-29-28-30-34-38-42-48(3)4)46-56-50(53)43-39-35-31-26-24-22-18-16-14-12-10-8-6-2/h48-49H,5-47H2,1-4H3/t49-/m1/s1.